The Hall–Kier alpha value is -2.11. The third-order valence-corrected chi connectivity index (χ3v) is 2.11. The summed E-state index contributed by atoms with van der Waals surface area (Å²) in [6.45, 7) is -0.376. The van der Waals surface area contributed by atoms with Crippen LogP contribution in [0.15, 0.2) is 24.3 Å². The second-order valence-corrected chi connectivity index (χ2v) is 3.50. The molecule has 0 unspecified atom stereocenters. The average molecular weight is 240 g/mol. The summed E-state index contributed by atoms with van der Waals surface area (Å²) in [4.78, 5) is 22.8. The highest BCUT2D eigenvalue weighted by Crippen LogP contribution is 2.05. The first-order valence-electron chi connectivity index (χ1n) is 4.95. The molecule has 0 aromatic heterocycles. The highest BCUT2D eigenvalue weighted by Gasteiger charge is 2.11. The molecule has 0 saturated carbocycles. The van der Waals surface area contributed by atoms with Crippen molar-refractivity contribution in [3.8, 4) is 0 Å². The lowest BCUT2D eigenvalue weighted by atomic mass is 10.2. The molecule has 2 amide bonds. The number of urea groups is 1. The van der Waals surface area contributed by atoms with E-state index in [1.807, 2.05) is 0 Å². The van der Waals surface area contributed by atoms with Gasteiger partial charge in [0.2, 0.25) is 0 Å². The standard InChI is InChI=1S/C11H13FN2O3/c1-14(7-10(15)16)11(17)13-6-8-4-2-3-5-9(8)12/h2-5H,6-7H2,1H3,(H,13,17)(H,15,16). The number of hydrogen-bond acceptors (Lipinski definition) is 2. The number of carbonyl (C=O) groups excluding carboxylic acids is 1. The van der Waals surface area contributed by atoms with Gasteiger partial charge in [-0.15, -0.1) is 0 Å². The fourth-order valence-electron chi connectivity index (χ4n) is 1.22. The lowest BCUT2D eigenvalue weighted by molar-refractivity contribution is -0.137. The van der Waals surface area contributed by atoms with Gasteiger partial charge in [-0.25, -0.2) is 9.18 Å². The highest BCUT2D eigenvalue weighted by atomic mass is 19.1. The number of carboxylic acids is 1. The smallest absolute Gasteiger partial charge is 0.323 e. The van der Waals surface area contributed by atoms with E-state index in [2.05, 4.69) is 5.32 Å². The van der Waals surface area contributed by atoms with E-state index in [1.54, 1.807) is 18.2 Å². The Balaban J connectivity index is 2.48. The van der Waals surface area contributed by atoms with E-state index in [9.17, 15) is 14.0 Å². The van der Waals surface area contributed by atoms with Crippen molar-refractivity contribution in [3.05, 3.63) is 35.6 Å². The van der Waals surface area contributed by atoms with E-state index >= 15 is 0 Å². The number of carboxylic acid groups (broad SMARTS) is 1. The summed E-state index contributed by atoms with van der Waals surface area (Å²) in [5.74, 6) is -1.51. The van der Waals surface area contributed by atoms with Gasteiger partial charge in [-0.2, -0.15) is 0 Å². The van der Waals surface area contributed by atoms with Crippen molar-refractivity contribution >= 4 is 12.0 Å². The molecule has 0 aliphatic heterocycles. The molecule has 92 valence electrons. The van der Waals surface area contributed by atoms with E-state index in [1.165, 1.54) is 13.1 Å². The SMILES string of the molecule is CN(CC(=O)O)C(=O)NCc1ccccc1F. The number of amides is 2. The molecule has 0 radical (unpaired) electrons. The van der Waals surface area contributed by atoms with E-state index in [0.717, 1.165) is 4.90 Å². The van der Waals surface area contributed by atoms with Crippen molar-refractivity contribution in [2.45, 2.75) is 6.54 Å². The molecule has 5 nitrogen and oxygen atoms in total. The van der Waals surface area contributed by atoms with Gasteiger partial charge in [0, 0.05) is 19.2 Å². The van der Waals surface area contributed by atoms with Gasteiger partial charge < -0.3 is 15.3 Å². The molecule has 0 fully saturated rings. The van der Waals surface area contributed by atoms with Crippen LogP contribution in [0.1, 0.15) is 5.56 Å². The summed E-state index contributed by atoms with van der Waals surface area (Å²) < 4.78 is 13.2. The number of likely N-dealkylation sites (N-methyl/N-ethyl adjacent to an activating group) is 1. The molecule has 0 atom stereocenters. The molecule has 0 heterocycles. The monoisotopic (exact) mass is 240 g/mol. The topological polar surface area (TPSA) is 69.6 Å². The van der Waals surface area contributed by atoms with Crippen LogP contribution in [0.3, 0.4) is 0 Å². The number of hydrogen-bond donors (Lipinski definition) is 2. The van der Waals surface area contributed by atoms with Crippen molar-refractivity contribution < 1.29 is 19.1 Å². The fourth-order valence-corrected chi connectivity index (χ4v) is 1.22. The predicted octanol–water partition coefficient (Wildman–Crippen LogP) is 1.05. The van der Waals surface area contributed by atoms with Crippen molar-refractivity contribution in [3.63, 3.8) is 0 Å². The Kier molecular flexibility index (Phi) is 4.45. The van der Waals surface area contributed by atoms with Gasteiger partial charge in [0.1, 0.15) is 12.4 Å². The van der Waals surface area contributed by atoms with Gasteiger partial charge in [0.05, 0.1) is 0 Å². The van der Waals surface area contributed by atoms with Gasteiger partial charge in [-0.1, -0.05) is 18.2 Å². The number of carbonyl (C=O) groups is 2. The second-order valence-electron chi connectivity index (χ2n) is 3.50. The number of nitrogens with one attached hydrogen (secondary N) is 1. The Morgan fingerprint density at radius 2 is 2.06 bits per heavy atom. The molecule has 6 heteroatoms. The van der Waals surface area contributed by atoms with E-state index in [-0.39, 0.29) is 6.54 Å². The predicted molar refractivity (Wildman–Crippen MR) is 58.9 cm³/mol. The lowest BCUT2D eigenvalue weighted by Crippen LogP contribution is -2.39. The molecular weight excluding hydrogens is 227 g/mol. The third kappa shape index (κ3) is 4.10. The lowest BCUT2D eigenvalue weighted by Gasteiger charge is -2.15. The first-order chi connectivity index (χ1) is 8.00. The molecule has 0 bridgehead atoms. The maximum absolute atomic E-state index is 13.2. The van der Waals surface area contributed by atoms with Crippen molar-refractivity contribution in [1.29, 1.82) is 0 Å². The molecule has 0 aliphatic carbocycles. The molecule has 0 spiro atoms. The number of benzene rings is 1. The zero-order valence-corrected chi connectivity index (χ0v) is 9.31. The molecule has 1 aromatic carbocycles. The molecule has 2 N–H and O–H groups in total. The number of aliphatic carboxylic acids is 1. The molecule has 1 aromatic rings. The Morgan fingerprint density at radius 3 is 2.65 bits per heavy atom. The minimum absolute atomic E-state index is 0.0233. The van der Waals surface area contributed by atoms with Crippen LogP contribution in [0.5, 0.6) is 0 Å². The molecular formula is C11H13FN2O3. The molecule has 0 saturated heterocycles. The summed E-state index contributed by atoms with van der Waals surface area (Å²) in [5.41, 5.74) is 0.351. The number of halogens is 1. The van der Waals surface area contributed by atoms with Gasteiger partial charge in [0.25, 0.3) is 0 Å². The zero-order valence-electron chi connectivity index (χ0n) is 9.31. The van der Waals surface area contributed by atoms with Crippen LogP contribution in [0.4, 0.5) is 9.18 Å². The van der Waals surface area contributed by atoms with Crippen molar-refractivity contribution in [2.75, 3.05) is 13.6 Å². The normalized spacial score (nSPS) is 9.76. The van der Waals surface area contributed by atoms with Crippen LogP contribution in [0, 0.1) is 5.82 Å². The van der Waals surface area contributed by atoms with Crippen molar-refractivity contribution in [2.24, 2.45) is 0 Å². The largest absolute Gasteiger partial charge is 0.480 e. The third-order valence-electron chi connectivity index (χ3n) is 2.11. The quantitative estimate of drug-likeness (QED) is 0.826. The molecule has 17 heavy (non-hydrogen) atoms. The number of rotatable bonds is 4. The van der Waals surface area contributed by atoms with Crippen LogP contribution in [0.25, 0.3) is 0 Å². The van der Waals surface area contributed by atoms with Crippen LogP contribution in [0.2, 0.25) is 0 Å². The summed E-state index contributed by atoms with van der Waals surface area (Å²) in [5, 5.41) is 10.9. The maximum Gasteiger partial charge on any atom is 0.323 e. The summed E-state index contributed by atoms with van der Waals surface area (Å²) in [6, 6.07) is 5.49. The van der Waals surface area contributed by atoms with Gasteiger partial charge >= 0.3 is 12.0 Å². The van der Waals surface area contributed by atoms with Crippen molar-refractivity contribution in [1.82, 2.24) is 10.2 Å². The van der Waals surface area contributed by atoms with Crippen LogP contribution < -0.4 is 5.32 Å². The minimum Gasteiger partial charge on any atom is -0.480 e. The van der Waals surface area contributed by atoms with Crippen LogP contribution in [-0.2, 0) is 11.3 Å². The first kappa shape index (κ1) is 13.0. The zero-order chi connectivity index (χ0) is 12.8. The van der Waals surface area contributed by atoms with Gasteiger partial charge in [0.15, 0.2) is 0 Å². The van der Waals surface area contributed by atoms with E-state index in [0.29, 0.717) is 5.56 Å². The summed E-state index contributed by atoms with van der Waals surface area (Å²) in [7, 11) is 1.35. The summed E-state index contributed by atoms with van der Waals surface area (Å²) in [6.07, 6.45) is 0. The fraction of sp³-hybridized carbons (Fsp3) is 0.273. The molecule has 0 aliphatic rings. The van der Waals surface area contributed by atoms with E-state index < -0.39 is 24.4 Å². The maximum atomic E-state index is 13.2. The number of nitrogens with zero attached hydrogens (tertiary/aromatic N) is 1. The van der Waals surface area contributed by atoms with Crippen LogP contribution in [-0.4, -0.2) is 35.6 Å². The van der Waals surface area contributed by atoms with E-state index in [4.69, 9.17) is 5.11 Å². The van der Waals surface area contributed by atoms with Gasteiger partial charge in [-0.3, -0.25) is 4.79 Å². The molecule has 1 rings (SSSR count). The Morgan fingerprint density at radius 1 is 1.41 bits per heavy atom. The Bertz CT molecular complexity index is 423. The van der Waals surface area contributed by atoms with Crippen LogP contribution >= 0.6 is 0 Å². The first-order valence-corrected chi connectivity index (χ1v) is 4.95. The summed E-state index contributed by atoms with van der Waals surface area (Å²) >= 11 is 0. The average Bonchev–Trinajstić information content (AvgIpc) is 2.26. The highest BCUT2D eigenvalue weighted by molar-refractivity contribution is 5.79. The second kappa shape index (κ2) is 5.83. The Labute approximate surface area is 97.8 Å². The van der Waals surface area contributed by atoms with Gasteiger partial charge in [-0.05, 0) is 6.07 Å². The minimum atomic E-state index is -1.10.